The third-order valence-electron chi connectivity index (χ3n) is 4.50. The summed E-state index contributed by atoms with van der Waals surface area (Å²) in [4.78, 5) is 28.1. The number of rotatable bonds is 3. The third-order valence-corrected chi connectivity index (χ3v) is 4.50. The van der Waals surface area contributed by atoms with Gasteiger partial charge in [0.1, 0.15) is 5.69 Å². The molecule has 23 heavy (non-hydrogen) atoms. The van der Waals surface area contributed by atoms with Crippen LogP contribution in [-0.4, -0.2) is 61.2 Å². The Kier molecular flexibility index (Phi) is 3.36. The Hall–Kier alpha value is -2.64. The fourth-order valence-corrected chi connectivity index (χ4v) is 3.37. The second-order valence-corrected chi connectivity index (χ2v) is 6.02. The van der Waals surface area contributed by atoms with Gasteiger partial charge in [-0.05, 0) is 18.6 Å². The monoisotopic (exact) mass is 314 g/mol. The van der Waals surface area contributed by atoms with Crippen molar-refractivity contribution in [1.29, 1.82) is 0 Å². The molecule has 1 fully saturated rings. The molecule has 0 saturated carbocycles. The molecule has 120 valence electrons. The highest BCUT2D eigenvalue weighted by molar-refractivity contribution is 5.92. The molecule has 4 heterocycles. The van der Waals surface area contributed by atoms with Crippen LogP contribution in [0.5, 0.6) is 0 Å². The molecule has 0 spiro atoms. The molecule has 2 aromatic rings. The molecule has 0 radical (unpaired) electrons. The summed E-state index contributed by atoms with van der Waals surface area (Å²) in [5.41, 5.74) is 1.47. The minimum absolute atomic E-state index is 0.0114. The Morgan fingerprint density at radius 2 is 2.26 bits per heavy atom. The summed E-state index contributed by atoms with van der Waals surface area (Å²) in [6, 6.07) is 3.58. The predicted octanol–water partition coefficient (Wildman–Crippen LogP) is 0.426. The zero-order valence-electron chi connectivity index (χ0n) is 12.7. The minimum atomic E-state index is -0.0762. The lowest BCUT2D eigenvalue weighted by atomic mass is 10.1. The van der Waals surface area contributed by atoms with Gasteiger partial charge in [0.15, 0.2) is 0 Å². The topological polar surface area (TPSA) is 87.1 Å². The van der Waals surface area contributed by atoms with E-state index in [1.165, 1.54) is 0 Å². The minimum Gasteiger partial charge on any atom is -0.340 e. The largest absolute Gasteiger partial charge is 0.340 e. The van der Waals surface area contributed by atoms with E-state index in [1.54, 1.807) is 23.4 Å². The third kappa shape index (κ3) is 2.49. The van der Waals surface area contributed by atoms with Crippen LogP contribution in [0.15, 0.2) is 24.5 Å². The Morgan fingerprint density at radius 3 is 3.00 bits per heavy atom. The summed E-state index contributed by atoms with van der Waals surface area (Å²) >= 11 is 0. The van der Waals surface area contributed by atoms with Crippen LogP contribution < -0.4 is 0 Å². The summed E-state index contributed by atoms with van der Waals surface area (Å²) in [5, 5.41) is 10.9. The lowest BCUT2D eigenvalue weighted by Gasteiger charge is -2.35. The number of likely N-dealkylation sites (tertiary alicyclic amines) is 1. The van der Waals surface area contributed by atoms with Crippen LogP contribution >= 0.6 is 0 Å². The van der Waals surface area contributed by atoms with Crippen LogP contribution in [0.1, 0.15) is 35.1 Å². The first-order valence-corrected chi connectivity index (χ1v) is 7.81. The van der Waals surface area contributed by atoms with Gasteiger partial charge in [0, 0.05) is 38.4 Å². The SMILES string of the molecule is O=C1CCCN1C[C@H]1CN(C(=O)c2ccn[nH]2)Cc2ccnn21. The first-order chi connectivity index (χ1) is 11.2. The molecule has 8 nitrogen and oxygen atoms in total. The molecule has 0 bridgehead atoms. The molecule has 2 aromatic heterocycles. The Morgan fingerprint density at radius 1 is 1.35 bits per heavy atom. The summed E-state index contributed by atoms with van der Waals surface area (Å²) in [5.74, 6) is 0.114. The van der Waals surface area contributed by atoms with Crippen molar-refractivity contribution in [3.05, 3.63) is 35.9 Å². The van der Waals surface area contributed by atoms with Gasteiger partial charge in [-0.3, -0.25) is 19.4 Å². The molecular formula is C15H18N6O2. The summed E-state index contributed by atoms with van der Waals surface area (Å²) in [6.45, 7) is 2.44. The van der Waals surface area contributed by atoms with E-state index in [0.717, 1.165) is 18.7 Å². The molecule has 1 N–H and O–H groups in total. The van der Waals surface area contributed by atoms with Gasteiger partial charge in [-0.15, -0.1) is 0 Å². The van der Waals surface area contributed by atoms with E-state index in [9.17, 15) is 9.59 Å². The molecule has 1 saturated heterocycles. The number of amides is 2. The van der Waals surface area contributed by atoms with E-state index in [2.05, 4.69) is 15.3 Å². The molecule has 0 unspecified atom stereocenters. The van der Waals surface area contributed by atoms with E-state index in [-0.39, 0.29) is 17.9 Å². The van der Waals surface area contributed by atoms with Crippen LogP contribution in [0.2, 0.25) is 0 Å². The number of aromatic nitrogens is 4. The molecule has 2 aliphatic heterocycles. The summed E-state index contributed by atoms with van der Waals surface area (Å²) < 4.78 is 1.95. The van der Waals surface area contributed by atoms with Crippen molar-refractivity contribution in [1.82, 2.24) is 29.8 Å². The molecule has 8 heteroatoms. The average molecular weight is 314 g/mol. The van der Waals surface area contributed by atoms with Crippen LogP contribution in [0.3, 0.4) is 0 Å². The lowest BCUT2D eigenvalue weighted by molar-refractivity contribution is -0.128. The van der Waals surface area contributed by atoms with Gasteiger partial charge in [-0.25, -0.2) is 0 Å². The lowest BCUT2D eigenvalue weighted by Crippen LogP contribution is -2.45. The molecule has 2 aliphatic rings. The average Bonchev–Trinajstić information content (AvgIpc) is 3.28. The Balaban J connectivity index is 1.56. The number of hydrogen-bond donors (Lipinski definition) is 1. The molecule has 0 aliphatic carbocycles. The number of carbonyl (C=O) groups is 2. The van der Waals surface area contributed by atoms with Crippen LogP contribution in [0, 0.1) is 0 Å². The zero-order chi connectivity index (χ0) is 15.8. The maximum atomic E-state index is 12.6. The second-order valence-electron chi connectivity index (χ2n) is 6.02. The zero-order valence-corrected chi connectivity index (χ0v) is 12.7. The highest BCUT2D eigenvalue weighted by Crippen LogP contribution is 2.24. The molecule has 2 amide bonds. The highest BCUT2D eigenvalue weighted by atomic mass is 16.2. The number of aromatic amines is 1. The van der Waals surface area contributed by atoms with Crippen molar-refractivity contribution in [2.75, 3.05) is 19.6 Å². The quantitative estimate of drug-likeness (QED) is 0.890. The first-order valence-electron chi connectivity index (χ1n) is 7.81. The normalized spacial score (nSPS) is 20.9. The summed E-state index contributed by atoms with van der Waals surface area (Å²) in [6.07, 6.45) is 4.85. The standard InChI is InChI=1S/C15H18N6O2/c22-14-2-1-7-19(14)9-12-10-20(8-11-3-6-17-21(11)12)15(23)13-4-5-16-18-13/h3-6,12H,1-2,7-10H2,(H,16,18)/t12-/m0/s1. The molecule has 4 rings (SSSR count). The Labute approximate surface area is 133 Å². The van der Waals surface area contributed by atoms with Crippen LogP contribution in [0.25, 0.3) is 0 Å². The molecular weight excluding hydrogens is 296 g/mol. The number of hydrogen-bond acceptors (Lipinski definition) is 4. The number of nitrogens with zero attached hydrogens (tertiary/aromatic N) is 5. The number of H-pyrrole nitrogens is 1. The van der Waals surface area contributed by atoms with Crippen LogP contribution in [0.4, 0.5) is 0 Å². The number of nitrogens with one attached hydrogen (secondary N) is 1. The van der Waals surface area contributed by atoms with Gasteiger partial charge < -0.3 is 9.80 Å². The van der Waals surface area contributed by atoms with E-state index in [0.29, 0.717) is 31.7 Å². The van der Waals surface area contributed by atoms with Gasteiger partial charge in [-0.2, -0.15) is 10.2 Å². The smallest absolute Gasteiger partial charge is 0.272 e. The van der Waals surface area contributed by atoms with E-state index >= 15 is 0 Å². The molecule has 1 atom stereocenters. The van der Waals surface area contributed by atoms with Gasteiger partial charge in [-0.1, -0.05) is 0 Å². The molecule has 0 aromatic carbocycles. The maximum Gasteiger partial charge on any atom is 0.272 e. The van der Waals surface area contributed by atoms with Gasteiger partial charge in [0.2, 0.25) is 5.91 Å². The fourth-order valence-electron chi connectivity index (χ4n) is 3.37. The van der Waals surface area contributed by atoms with Crippen molar-refractivity contribution in [2.24, 2.45) is 0 Å². The van der Waals surface area contributed by atoms with Crippen molar-refractivity contribution in [3.63, 3.8) is 0 Å². The highest BCUT2D eigenvalue weighted by Gasteiger charge is 2.32. The second kappa shape index (κ2) is 5.53. The van der Waals surface area contributed by atoms with Crippen molar-refractivity contribution < 1.29 is 9.59 Å². The number of fused-ring (bicyclic) bond motifs is 1. The predicted molar refractivity (Wildman–Crippen MR) is 80.4 cm³/mol. The Bertz CT molecular complexity index is 722. The van der Waals surface area contributed by atoms with Gasteiger partial charge in [0.05, 0.1) is 18.3 Å². The van der Waals surface area contributed by atoms with E-state index < -0.39 is 0 Å². The maximum absolute atomic E-state index is 12.6. The van der Waals surface area contributed by atoms with Crippen molar-refractivity contribution in [2.45, 2.75) is 25.4 Å². The van der Waals surface area contributed by atoms with Crippen LogP contribution in [-0.2, 0) is 11.3 Å². The van der Waals surface area contributed by atoms with E-state index in [1.807, 2.05) is 15.6 Å². The van der Waals surface area contributed by atoms with E-state index in [4.69, 9.17) is 0 Å². The summed E-state index contributed by atoms with van der Waals surface area (Å²) in [7, 11) is 0. The number of carbonyl (C=O) groups excluding carboxylic acids is 2. The van der Waals surface area contributed by atoms with Gasteiger partial charge >= 0.3 is 0 Å². The fraction of sp³-hybridized carbons (Fsp3) is 0.467. The van der Waals surface area contributed by atoms with Gasteiger partial charge in [0.25, 0.3) is 5.91 Å². The van der Waals surface area contributed by atoms with Crippen molar-refractivity contribution >= 4 is 11.8 Å². The van der Waals surface area contributed by atoms with Crippen molar-refractivity contribution in [3.8, 4) is 0 Å². The first kappa shape index (κ1) is 14.0.